The maximum Gasteiger partial charge on any atom is 0.295 e. The van der Waals surface area contributed by atoms with Gasteiger partial charge in [0.15, 0.2) is 0 Å². The van der Waals surface area contributed by atoms with E-state index < -0.39 is 10.1 Å². The summed E-state index contributed by atoms with van der Waals surface area (Å²) in [6.07, 6.45) is 0. The first kappa shape index (κ1) is 12.1. The van der Waals surface area contributed by atoms with Crippen LogP contribution in [0.25, 0.3) is 11.1 Å². The quantitative estimate of drug-likeness (QED) is 0.833. The van der Waals surface area contributed by atoms with Gasteiger partial charge < -0.3 is 0 Å². The molecular formula is C13H14O3S. The van der Waals surface area contributed by atoms with Crippen LogP contribution in [-0.2, 0) is 10.1 Å². The van der Waals surface area contributed by atoms with E-state index in [0.717, 1.165) is 11.1 Å². The summed E-state index contributed by atoms with van der Waals surface area (Å²) < 4.78 is 31.9. The minimum atomic E-state index is -4.17. The summed E-state index contributed by atoms with van der Waals surface area (Å²) in [5.74, 6) is 0.204. The van der Waals surface area contributed by atoms with Crippen LogP contribution in [0.2, 0.25) is 0 Å². The molecule has 0 atom stereocenters. The van der Waals surface area contributed by atoms with E-state index in [-0.39, 0.29) is 10.8 Å². The molecule has 0 spiro atoms. The Hall–Kier alpha value is -1.39. The van der Waals surface area contributed by atoms with Crippen molar-refractivity contribution in [2.75, 3.05) is 0 Å². The molecule has 2 aliphatic rings. The molecule has 0 radical (unpaired) electrons. The third-order valence-electron chi connectivity index (χ3n) is 2.80. The van der Waals surface area contributed by atoms with Gasteiger partial charge in [0, 0.05) is 5.56 Å². The maximum absolute atomic E-state index is 11.3. The molecule has 0 unspecified atom stereocenters. The molecule has 0 heterocycles. The molecule has 0 bridgehead atoms. The lowest BCUT2D eigenvalue weighted by molar-refractivity contribution is 0.484. The van der Waals surface area contributed by atoms with Gasteiger partial charge in [-0.05, 0) is 23.1 Å². The Balaban J connectivity index is 2.83. The molecule has 17 heavy (non-hydrogen) atoms. The number of hydrogen-bond donors (Lipinski definition) is 1. The highest BCUT2D eigenvalue weighted by atomic mass is 32.2. The largest absolute Gasteiger partial charge is 0.295 e. The van der Waals surface area contributed by atoms with Gasteiger partial charge in [-0.1, -0.05) is 44.2 Å². The molecule has 90 valence electrons. The van der Waals surface area contributed by atoms with Crippen LogP contribution in [0.1, 0.15) is 25.3 Å². The average molecular weight is 250 g/mol. The third kappa shape index (κ3) is 2.18. The molecule has 1 N–H and O–H groups in total. The predicted molar refractivity (Wildman–Crippen MR) is 67.0 cm³/mol. The van der Waals surface area contributed by atoms with Gasteiger partial charge in [0.25, 0.3) is 10.1 Å². The van der Waals surface area contributed by atoms with E-state index in [2.05, 4.69) is 0 Å². The van der Waals surface area contributed by atoms with Gasteiger partial charge in [0.05, 0.1) is 0 Å². The molecule has 2 aliphatic carbocycles. The second-order valence-corrected chi connectivity index (χ2v) is 5.72. The lowest BCUT2D eigenvalue weighted by atomic mass is 10.0. The van der Waals surface area contributed by atoms with Crippen molar-refractivity contribution in [3.8, 4) is 11.1 Å². The summed E-state index contributed by atoms with van der Waals surface area (Å²) in [7, 11) is -4.17. The van der Waals surface area contributed by atoms with Gasteiger partial charge in [-0.15, -0.1) is 0 Å². The van der Waals surface area contributed by atoms with Gasteiger partial charge in [0.2, 0.25) is 0 Å². The molecular weight excluding hydrogens is 236 g/mol. The second kappa shape index (κ2) is 4.13. The lowest BCUT2D eigenvalue weighted by Crippen LogP contribution is -1.96. The van der Waals surface area contributed by atoms with E-state index in [1.54, 1.807) is 18.2 Å². The number of fused-ring (bicyclic) bond motifs is 1. The van der Waals surface area contributed by atoms with E-state index in [1.807, 2.05) is 32.0 Å². The first-order chi connectivity index (χ1) is 7.91. The van der Waals surface area contributed by atoms with E-state index in [1.165, 1.54) is 0 Å². The molecule has 0 aromatic rings. The molecule has 3 nitrogen and oxygen atoms in total. The van der Waals surface area contributed by atoms with Crippen LogP contribution in [0.4, 0.5) is 0 Å². The Labute approximate surface area is 101 Å². The van der Waals surface area contributed by atoms with Crippen molar-refractivity contribution in [1.29, 1.82) is 0 Å². The highest BCUT2D eigenvalue weighted by molar-refractivity contribution is 7.86. The highest BCUT2D eigenvalue weighted by Gasteiger charge is 2.23. The summed E-state index contributed by atoms with van der Waals surface area (Å²) in [6, 6.07) is 10.6. The smallest absolute Gasteiger partial charge is 0.282 e. The maximum atomic E-state index is 11.3. The van der Waals surface area contributed by atoms with Crippen molar-refractivity contribution in [3.63, 3.8) is 0 Å². The van der Waals surface area contributed by atoms with Gasteiger partial charge >= 0.3 is 0 Å². The molecule has 4 heteroatoms. The topological polar surface area (TPSA) is 54.4 Å². The first-order valence-corrected chi connectivity index (χ1v) is 6.84. The summed E-state index contributed by atoms with van der Waals surface area (Å²) in [6.45, 7) is 3.99. The minimum absolute atomic E-state index is 0.00704. The van der Waals surface area contributed by atoms with Crippen molar-refractivity contribution in [3.05, 3.63) is 42.0 Å². The van der Waals surface area contributed by atoms with Gasteiger partial charge in [0.1, 0.15) is 4.90 Å². The average Bonchev–Trinajstić information content (AvgIpc) is 2.42. The Morgan fingerprint density at radius 3 is 2.18 bits per heavy atom. The first-order valence-electron chi connectivity index (χ1n) is 5.40. The Morgan fingerprint density at radius 1 is 1.06 bits per heavy atom. The molecule has 0 aliphatic heterocycles. The molecule has 0 aromatic carbocycles. The number of rotatable bonds is 2. The molecule has 2 rings (SSSR count). The Bertz CT molecular complexity index is 615. The number of hydrogen-bond acceptors (Lipinski definition) is 2. The van der Waals surface area contributed by atoms with Crippen molar-refractivity contribution in [1.82, 2.24) is 0 Å². The predicted octanol–water partition coefficient (Wildman–Crippen LogP) is 3.16. The monoisotopic (exact) mass is 250 g/mol. The Morgan fingerprint density at radius 2 is 1.65 bits per heavy atom. The molecule has 0 fully saturated rings. The van der Waals surface area contributed by atoms with Crippen molar-refractivity contribution in [2.45, 2.75) is 24.7 Å². The zero-order valence-electron chi connectivity index (χ0n) is 9.71. The van der Waals surface area contributed by atoms with Crippen LogP contribution in [0.15, 0.2) is 41.3 Å². The van der Waals surface area contributed by atoms with Crippen LogP contribution in [0.5, 0.6) is 0 Å². The fourth-order valence-corrected chi connectivity index (χ4v) is 2.73. The van der Waals surface area contributed by atoms with E-state index in [4.69, 9.17) is 0 Å². The van der Waals surface area contributed by atoms with Crippen LogP contribution < -0.4 is 0 Å². The van der Waals surface area contributed by atoms with Crippen LogP contribution in [0, 0.1) is 0 Å². The lowest BCUT2D eigenvalue weighted by Gasteiger charge is -2.04. The summed E-state index contributed by atoms with van der Waals surface area (Å²) in [5.41, 5.74) is 2.38. The van der Waals surface area contributed by atoms with E-state index in [0.29, 0.717) is 5.56 Å². The Kier molecular flexibility index (Phi) is 2.93. The van der Waals surface area contributed by atoms with Gasteiger partial charge in [-0.25, -0.2) is 0 Å². The standard InChI is InChI=1S/C13H14O3S/c1-9(2)12-8-13(17(14,15)16)11-7-5-3-4-6-10(11)12/h3-9H,1-2H3,(H,14,15,16). The molecule has 0 saturated carbocycles. The van der Waals surface area contributed by atoms with Crippen LogP contribution in [0.3, 0.4) is 0 Å². The summed E-state index contributed by atoms with van der Waals surface area (Å²) in [5, 5.41) is 0. The van der Waals surface area contributed by atoms with E-state index >= 15 is 0 Å². The summed E-state index contributed by atoms with van der Waals surface area (Å²) in [4.78, 5) is -0.00704. The van der Waals surface area contributed by atoms with Crippen molar-refractivity contribution >= 4 is 10.1 Å². The van der Waals surface area contributed by atoms with Gasteiger partial charge in [-0.3, -0.25) is 4.55 Å². The van der Waals surface area contributed by atoms with Crippen LogP contribution in [-0.4, -0.2) is 13.0 Å². The fourth-order valence-electron chi connectivity index (χ4n) is 2.00. The zero-order chi connectivity index (χ0) is 12.6. The highest BCUT2D eigenvalue weighted by Crippen LogP contribution is 2.38. The third-order valence-corrected chi connectivity index (χ3v) is 3.69. The normalized spacial score (nSPS) is 12.2. The van der Waals surface area contributed by atoms with Gasteiger partial charge in [-0.2, -0.15) is 8.42 Å². The van der Waals surface area contributed by atoms with Crippen molar-refractivity contribution in [2.24, 2.45) is 0 Å². The molecule has 0 amide bonds. The molecule has 0 aromatic heterocycles. The fraction of sp³-hybridized carbons (Fsp3) is 0.231. The zero-order valence-corrected chi connectivity index (χ0v) is 10.5. The summed E-state index contributed by atoms with van der Waals surface area (Å²) >= 11 is 0. The van der Waals surface area contributed by atoms with Crippen LogP contribution >= 0.6 is 0 Å². The van der Waals surface area contributed by atoms with E-state index in [9.17, 15) is 13.0 Å². The molecule has 0 saturated heterocycles. The minimum Gasteiger partial charge on any atom is -0.282 e. The SMILES string of the molecule is CC(C)c1cc(S(=O)(=O)O)c2cccccc1-2. The second-order valence-electron chi connectivity index (χ2n) is 4.33. The van der Waals surface area contributed by atoms with Crippen molar-refractivity contribution < 1.29 is 13.0 Å².